The highest BCUT2D eigenvalue weighted by Gasteiger charge is 2.33. The van der Waals surface area contributed by atoms with E-state index in [0.29, 0.717) is 12.1 Å². The van der Waals surface area contributed by atoms with E-state index in [2.05, 4.69) is 26.1 Å². The lowest BCUT2D eigenvalue weighted by molar-refractivity contribution is -0.140. The van der Waals surface area contributed by atoms with Gasteiger partial charge in [-0.25, -0.2) is 8.42 Å². The van der Waals surface area contributed by atoms with Crippen LogP contribution in [0.2, 0.25) is 0 Å². The zero-order valence-corrected chi connectivity index (χ0v) is 26.7. The molecule has 0 aliphatic carbocycles. The first-order chi connectivity index (χ1) is 19.7. The monoisotopic (exact) mass is 591 g/mol. The topological polar surface area (TPSA) is 86.8 Å². The van der Waals surface area contributed by atoms with E-state index in [9.17, 15) is 18.0 Å². The third kappa shape index (κ3) is 9.18. The molecule has 0 heterocycles. The summed E-state index contributed by atoms with van der Waals surface area (Å²) in [5.74, 6) is -0.727. The van der Waals surface area contributed by atoms with E-state index in [0.717, 1.165) is 39.2 Å². The van der Waals surface area contributed by atoms with Gasteiger partial charge in [-0.15, -0.1) is 0 Å². The number of nitrogens with zero attached hydrogens (tertiary/aromatic N) is 2. The Bertz CT molecular complexity index is 1430. The van der Waals surface area contributed by atoms with Crippen molar-refractivity contribution in [3.8, 4) is 0 Å². The summed E-state index contributed by atoms with van der Waals surface area (Å²) in [6, 6.07) is 23.7. The van der Waals surface area contributed by atoms with Crippen LogP contribution in [0.25, 0.3) is 0 Å². The van der Waals surface area contributed by atoms with Crippen molar-refractivity contribution in [2.24, 2.45) is 0 Å². The molecule has 7 nitrogen and oxygen atoms in total. The number of amides is 2. The summed E-state index contributed by atoms with van der Waals surface area (Å²) in [5, 5.41) is 3.05. The Labute approximate surface area is 252 Å². The van der Waals surface area contributed by atoms with Crippen LogP contribution in [0.4, 0.5) is 5.69 Å². The average molecular weight is 592 g/mol. The fourth-order valence-corrected chi connectivity index (χ4v) is 5.48. The van der Waals surface area contributed by atoms with E-state index in [-0.39, 0.29) is 23.9 Å². The molecule has 3 rings (SSSR count). The number of rotatable bonds is 12. The molecule has 3 aromatic carbocycles. The summed E-state index contributed by atoms with van der Waals surface area (Å²) in [6.07, 6.45) is 2.13. The molecule has 0 saturated carbocycles. The zero-order valence-electron chi connectivity index (χ0n) is 25.9. The molecule has 0 bridgehead atoms. The average Bonchev–Trinajstić information content (AvgIpc) is 2.94. The molecule has 2 atom stereocenters. The zero-order chi connectivity index (χ0) is 31.1. The Morgan fingerprint density at radius 1 is 0.881 bits per heavy atom. The van der Waals surface area contributed by atoms with Crippen LogP contribution in [0, 0.1) is 6.92 Å². The van der Waals surface area contributed by atoms with Crippen molar-refractivity contribution in [2.45, 2.75) is 78.4 Å². The first-order valence-corrected chi connectivity index (χ1v) is 16.3. The van der Waals surface area contributed by atoms with Crippen molar-refractivity contribution in [3.63, 3.8) is 0 Å². The second-order valence-corrected chi connectivity index (χ2v) is 14.0. The highest BCUT2D eigenvalue weighted by Crippen LogP contribution is 2.26. The maximum absolute atomic E-state index is 14.2. The van der Waals surface area contributed by atoms with E-state index in [1.165, 1.54) is 4.90 Å². The molecule has 2 amide bonds. The molecule has 0 aromatic heterocycles. The molecule has 0 spiro atoms. The lowest BCUT2D eigenvalue weighted by Crippen LogP contribution is -2.54. The van der Waals surface area contributed by atoms with Gasteiger partial charge in [-0.05, 0) is 54.5 Å². The number of carbonyl (C=O) groups excluding carboxylic acids is 2. The molecule has 2 unspecified atom stereocenters. The Kier molecular flexibility index (Phi) is 11.0. The first kappa shape index (κ1) is 32.9. The summed E-state index contributed by atoms with van der Waals surface area (Å²) >= 11 is 0. The van der Waals surface area contributed by atoms with Crippen LogP contribution in [-0.4, -0.2) is 50.0 Å². The van der Waals surface area contributed by atoms with Gasteiger partial charge in [0.05, 0.1) is 11.9 Å². The van der Waals surface area contributed by atoms with Crippen LogP contribution >= 0.6 is 0 Å². The second kappa shape index (κ2) is 14.0. The molecule has 0 fully saturated rings. The van der Waals surface area contributed by atoms with E-state index >= 15 is 0 Å². The number of carbonyl (C=O) groups is 2. The molecule has 0 aliphatic rings. The fraction of sp³-hybridized carbons (Fsp3) is 0.412. The second-order valence-electron chi connectivity index (χ2n) is 12.1. The summed E-state index contributed by atoms with van der Waals surface area (Å²) in [7, 11) is -3.82. The first-order valence-electron chi connectivity index (χ1n) is 14.5. The minimum Gasteiger partial charge on any atom is -0.352 e. The molecule has 0 radical (unpaired) electrons. The summed E-state index contributed by atoms with van der Waals surface area (Å²) in [5.41, 5.74) is 4.18. The quantitative estimate of drug-likeness (QED) is 0.297. The normalized spacial score (nSPS) is 13.2. The Morgan fingerprint density at radius 3 is 2.00 bits per heavy atom. The van der Waals surface area contributed by atoms with E-state index in [1.54, 1.807) is 12.1 Å². The molecule has 0 aliphatic heterocycles. The van der Waals surface area contributed by atoms with Crippen molar-refractivity contribution in [1.29, 1.82) is 0 Å². The van der Waals surface area contributed by atoms with Gasteiger partial charge < -0.3 is 10.2 Å². The number of hydrogen-bond acceptors (Lipinski definition) is 4. The Hall–Kier alpha value is -3.65. The molecule has 42 heavy (non-hydrogen) atoms. The molecule has 0 saturated heterocycles. The Morgan fingerprint density at radius 2 is 1.48 bits per heavy atom. The summed E-state index contributed by atoms with van der Waals surface area (Å²) < 4.78 is 27.2. The van der Waals surface area contributed by atoms with Gasteiger partial charge >= 0.3 is 0 Å². The minimum atomic E-state index is -3.82. The van der Waals surface area contributed by atoms with Gasteiger partial charge in [0.1, 0.15) is 12.6 Å². The lowest BCUT2D eigenvalue weighted by atomic mass is 9.87. The predicted octanol–water partition coefficient (Wildman–Crippen LogP) is 5.61. The van der Waals surface area contributed by atoms with Crippen LogP contribution in [0.1, 0.15) is 63.3 Å². The van der Waals surface area contributed by atoms with Gasteiger partial charge in [0.15, 0.2) is 0 Å². The van der Waals surface area contributed by atoms with Crippen molar-refractivity contribution in [1.82, 2.24) is 10.2 Å². The molecule has 1 N–H and O–H groups in total. The van der Waals surface area contributed by atoms with Crippen LogP contribution in [0.3, 0.4) is 0 Å². The summed E-state index contributed by atoms with van der Waals surface area (Å²) in [6.45, 7) is 11.9. The number of hydrogen-bond donors (Lipinski definition) is 1. The van der Waals surface area contributed by atoms with Gasteiger partial charge in [-0.3, -0.25) is 13.9 Å². The molecular formula is C34H45N3O4S. The highest BCUT2D eigenvalue weighted by molar-refractivity contribution is 7.92. The molecular weight excluding hydrogens is 546 g/mol. The third-order valence-corrected chi connectivity index (χ3v) is 8.59. The van der Waals surface area contributed by atoms with E-state index < -0.39 is 28.5 Å². The molecule has 3 aromatic rings. The number of sulfonamides is 1. The summed E-state index contributed by atoms with van der Waals surface area (Å²) in [4.78, 5) is 29.5. The van der Waals surface area contributed by atoms with Gasteiger partial charge in [-0.2, -0.15) is 0 Å². The smallest absolute Gasteiger partial charge is 0.244 e. The van der Waals surface area contributed by atoms with Crippen LogP contribution in [-0.2, 0) is 38.0 Å². The molecule has 226 valence electrons. The Balaban J connectivity index is 2.05. The number of nitrogens with one attached hydrogen (secondary N) is 1. The van der Waals surface area contributed by atoms with E-state index in [1.807, 2.05) is 87.5 Å². The lowest BCUT2D eigenvalue weighted by Gasteiger charge is -2.34. The van der Waals surface area contributed by atoms with E-state index in [4.69, 9.17) is 0 Å². The minimum absolute atomic E-state index is 0.0825. The van der Waals surface area contributed by atoms with Crippen molar-refractivity contribution >= 4 is 27.5 Å². The number of benzene rings is 3. The standard InChI is InChI=1S/C34H45N3O4S/c1-8-26(3)35-33(39)31(22-27-12-10-9-11-13-27)36(23-28-16-14-25(2)15-17-28)32(38)24-37(42(7,40)41)30-20-18-29(19-21-30)34(4,5)6/h9-21,26,31H,8,22-24H2,1-7H3,(H,35,39). The van der Waals surface area contributed by atoms with Gasteiger partial charge in [0.25, 0.3) is 0 Å². The van der Waals surface area contributed by atoms with Crippen LogP contribution in [0.15, 0.2) is 78.9 Å². The third-order valence-electron chi connectivity index (χ3n) is 7.45. The highest BCUT2D eigenvalue weighted by atomic mass is 32.2. The van der Waals surface area contributed by atoms with Gasteiger partial charge in [0.2, 0.25) is 21.8 Å². The van der Waals surface area contributed by atoms with Crippen molar-refractivity contribution in [2.75, 3.05) is 17.1 Å². The van der Waals surface area contributed by atoms with Crippen molar-refractivity contribution in [3.05, 3.63) is 101 Å². The molecule has 8 heteroatoms. The SMILES string of the molecule is CCC(C)NC(=O)C(Cc1ccccc1)N(Cc1ccc(C)cc1)C(=O)CN(c1ccc(C(C)(C)C)cc1)S(C)(=O)=O. The predicted molar refractivity (Wildman–Crippen MR) is 171 cm³/mol. The van der Waals surface area contributed by atoms with Gasteiger partial charge in [0, 0.05) is 19.0 Å². The maximum Gasteiger partial charge on any atom is 0.244 e. The van der Waals surface area contributed by atoms with Crippen molar-refractivity contribution < 1.29 is 18.0 Å². The number of anilines is 1. The van der Waals surface area contributed by atoms with Crippen LogP contribution in [0.5, 0.6) is 0 Å². The van der Waals surface area contributed by atoms with Crippen LogP contribution < -0.4 is 9.62 Å². The maximum atomic E-state index is 14.2. The fourth-order valence-electron chi connectivity index (χ4n) is 4.63. The van der Waals surface area contributed by atoms with Gasteiger partial charge in [-0.1, -0.05) is 100.0 Å². The largest absolute Gasteiger partial charge is 0.352 e. The number of aryl methyl sites for hydroxylation is 1.